The molecule has 9 heteroatoms. The lowest BCUT2D eigenvalue weighted by molar-refractivity contribution is 0.370. The Bertz CT molecular complexity index is 672. The molecule has 0 atom stereocenters. The summed E-state index contributed by atoms with van der Waals surface area (Å²) in [6, 6.07) is 6.03. The van der Waals surface area contributed by atoms with Crippen LogP contribution in [0.5, 0.6) is 0 Å². The SMILES string of the molecule is CCNC(=NCc1ccc(Br)s1)N1CCN(c2ncccn2)CC1.I. The maximum atomic E-state index is 4.79. The fourth-order valence-electron chi connectivity index (χ4n) is 2.59. The normalized spacial score (nSPS) is 15.0. The minimum absolute atomic E-state index is 0. The summed E-state index contributed by atoms with van der Waals surface area (Å²) in [7, 11) is 0. The van der Waals surface area contributed by atoms with E-state index in [0.29, 0.717) is 6.54 Å². The second kappa shape index (κ2) is 10.3. The number of thiophene rings is 1. The lowest BCUT2D eigenvalue weighted by Gasteiger charge is -2.36. The molecule has 1 fully saturated rings. The van der Waals surface area contributed by atoms with Gasteiger partial charge in [-0.3, -0.25) is 0 Å². The van der Waals surface area contributed by atoms with Crippen LogP contribution < -0.4 is 10.2 Å². The van der Waals surface area contributed by atoms with Crippen LogP contribution in [0.2, 0.25) is 0 Å². The van der Waals surface area contributed by atoms with E-state index in [4.69, 9.17) is 4.99 Å². The van der Waals surface area contributed by atoms with E-state index in [1.807, 2.05) is 6.07 Å². The molecule has 3 rings (SSSR count). The molecule has 25 heavy (non-hydrogen) atoms. The van der Waals surface area contributed by atoms with E-state index in [2.05, 4.69) is 60.1 Å². The third kappa shape index (κ3) is 5.78. The van der Waals surface area contributed by atoms with Crippen LogP contribution in [-0.4, -0.2) is 53.6 Å². The summed E-state index contributed by atoms with van der Waals surface area (Å²) in [4.78, 5) is 19.2. The molecule has 1 aliphatic rings. The Morgan fingerprint density at radius 1 is 1.24 bits per heavy atom. The van der Waals surface area contributed by atoms with Crippen LogP contribution in [0.4, 0.5) is 5.95 Å². The van der Waals surface area contributed by atoms with Crippen LogP contribution in [0.1, 0.15) is 11.8 Å². The standard InChI is InChI=1S/C16H21BrN6S.HI/c1-2-18-15(21-12-13-4-5-14(17)24-13)22-8-10-23(11-9-22)16-19-6-3-7-20-16;/h3-7H,2,8-12H2,1H3,(H,18,21);1H. The molecule has 0 aromatic carbocycles. The Balaban J connectivity index is 0.00000225. The molecule has 136 valence electrons. The predicted octanol–water partition coefficient (Wildman–Crippen LogP) is 3.21. The van der Waals surface area contributed by atoms with E-state index in [9.17, 15) is 0 Å². The van der Waals surface area contributed by atoms with Gasteiger partial charge in [-0.05, 0) is 41.1 Å². The van der Waals surface area contributed by atoms with Gasteiger partial charge in [0.2, 0.25) is 5.95 Å². The number of anilines is 1. The molecule has 2 aromatic rings. The molecule has 1 saturated heterocycles. The van der Waals surface area contributed by atoms with E-state index >= 15 is 0 Å². The van der Waals surface area contributed by atoms with Gasteiger partial charge in [-0.25, -0.2) is 15.0 Å². The highest BCUT2D eigenvalue weighted by Crippen LogP contribution is 2.22. The molecule has 2 aromatic heterocycles. The number of guanidine groups is 1. The van der Waals surface area contributed by atoms with Gasteiger partial charge < -0.3 is 15.1 Å². The lowest BCUT2D eigenvalue weighted by atomic mass is 10.3. The summed E-state index contributed by atoms with van der Waals surface area (Å²) in [6.07, 6.45) is 3.58. The molecule has 6 nitrogen and oxygen atoms in total. The Hall–Kier alpha value is -0.940. The zero-order chi connectivity index (χ0) is 16.8. The molecular weight excluding hydrogens is 515 g/mol. The average Bonchev–Trinajstić information content (AvgIpc) is 3.05. The first kappa shape index (κ1) is 20.4. The second-order valence-electron chi connectivity index (χ2n) is 5.40. The highest BCUT2D eigenvalue weighted by atomic mass is 127. The quantitative estimate of drug-likeness (QED) is 0.369. The third-order valence-electron chi connectivity index (χ3n) is 3.76. The van der Waals surface area contributed by atoms with E-state index in [1.165, 1.54) is 4.88 Å². The van der Waals surface area contributed by atoms with E-state index in [0.717, 1.165) is 48.4 Å². The van der Waals surface area contributed by atoms with Gasteiger partial charge in [-0.15, -0.1) is 35.3 Å². The van der Waals surface area contributed by atoms with Crippen molar-refractivity contribution in [1.29, 1.82) is 0 Å². The minimum Gasteiger partial charge on any atom is -0.357 e. The third-order valence-corrected chi connectivity index (χ3v) is 5.37. The number of nitrogens with zero attached hydrogens (tertiary/aromatic N) is 5. The van der Waals surface area contributed by atoms with Gasteiger partial charge in [0.05, 0.1) is 10.3 Å². The summed E-state index contributed by atoms with van der Waals surface area (Å²) in [5.41, 5.74) is 0. The van der Waals surface area contributed by atoms with Crippen molar-refractivity contribution in [2.75, 3.05) is 37.6 Å². The summed E-state index contributed by atoms with van der Waals surface area (Å²) < 4.78 is 1.15. The molecule has 0 amide bonds. The van der Waals surface area contributed by atoms with Crippen LogP contribution in [0.3, 0.4) is 0 Å². The molecule has 0 aliphatic carbocycles. The van der Waals surface area contributed by atoms with Gasteiger partial charge in [0.1, 0.15) is 0 Å². The van der Waals surface area contributed by atoms with Crippen molar-refractivity contribution in [3.63, 3.8) is 0 Å². The Morgan fingerprint density at radius 3 is 2.56 bits per heavy atom. The molecule has 0 saturated carbocycles. The smallest absolute Gasteiger partial charge is 0.225 e. The van der Waals surface area contributed by atoms with Crippen molar-refractivity contribution >= 4 is 63.2 Å². The summed E-state index contributed by atoms with van der Waals surface area (Å²) in [5.74, 6) is 1.79. The van der Waals surface area contributed by atoms with E-state index < -0.39 is 0 Å². The van der Waals surface area contributed by atoms with Crippen LogP contribution >= 0.6 is 51.2 Å². The molecular formula is C16H22BrIN6S. The Morgan fingerprint density at radius 2 is 1.96 bits per heavy atom. The molecule has 0 unspecified atom stereocenters. The highest BCUT2D eigenvalue weighted by Gasteiger charge is 2.21. The average molecular weight is 537 g/mol. The minimum atomic E-state index is 0. The van der Waals surface area contributed by atoms with Gasteiger partial charge in [-0.1, -0.05) is 0 Å². The van der Waals surface area contributed by atoms with E-state index in [-0.39, 0.29) is 24.0 Å². The largest absolute Gasteiger partial charge is 0.357 e. The van der Waals surface area contributed by atoms with Crippen LogP contribution in [0.15, 0.2) is 39.4 Å². The number of hydrogen-bond donors (Lipinski definition) is 1. The number of hydrogen-bond acceptors (Lipinski definition) is 5. The molecule has 1 aliphatic heterocycles. The van der Waals surface area contributed by atoms with Crippen LogP contribution in [0, 0.1) is 0 Å². The Labute approximate surface area is 177 Å². The first-order chi connectivity index (χ1) is 11.8. The van der Waals surface area contributed by atoms with Crippen LogP contribution in [-0.2, 0) is 6.54 Å². The van der Waals surface area contributed by atoms with Crippen molar-refractivity contribution in [2.45, 2.75) is 13.5 Å². The topological polar surface area (TPSA) is 56.7 Å². The number of aliphatic imine (C=N–C) groups is 1. The first-order valence-corrected chi connectivity index (χ1v) is 9.66. The van der Waals surface area contributed by atoms with Crippen molar-refractivity contribution in [2.24, 2.45) is 4.99 Å². The zero-order valence-corrected chi connectivity index (χ0v) is 18.8. The van der Waals surface area contributed by atoms with Crippen molar-refractivity contribution < 1.29 is 0 Å². The molecule has 0 spiro atoms. The van der Waals surface area contributed by atoms with Gasteiger partial charge in [0.25, 0.3) is 0 Å². The fraction of sp³-hybridized carbons (Fsp3) is 0.438. The molecule has 0 radical (unpaired) electrons. The number of rotatable bonds is 4. The number of nitrogens with one attached hydrogen (secondary N) is 1. The van der Waals surface area contributed by atoms with Crippen molar-refractivity contribution in [1.82, 2.24) is 20.2 Å². The van der Waals surface area contributed by atoms with Crippen molar-refractivity contribution in [3.8, 4) is 0 Å². The number of piperazine rings is 1. The molecule has 3 heterocycles. The first-order valence-electron chi connectivity index (χ1n) is 8.05. The van der Waals surface area contributed by atoms with Gasteiger partial charge >= 0.3 is 0 Å². The highest BCUT2D eigenvalue weighted by molar-refractivity contribution is 14.0. The summed E-state index contributed by atoms with van der Waals surface area (Å²) in [6.45, 7) is 7.31. The zero-order valence-electron chi connectivity index (χ0n) is 14.1. The number of halogens is 2. The maximum Gasteiger partial charge on any atom is 0.225 e. The van der Waals surface area contributed by atoms with Crippen LogP contribution in [0.25, 0.3) is 0 Å². The Kier molecular flexibility index (Phi) is 8.37. The molecule has 0 bridgehead atoms. The van der Waals surface area contributed by atoms with E-state index in [1.54, 1.807) is 23.7 Å². The second-order valence-corrected chi connectivity index (χ2v) is 7.95. The van der Waals surface area contributed by atoms with Crippen molar-refractivity contribution in [3.05, 3.63) is 39.3 Å². The summed E-state index contributed by atoms with van der Waals surface area (Å²) >= 11 is 5.23. The van der Waals surface area contributed by atoms with Gasteiger partial charge in [-0.2, -0.15) is 0 Å². The molecule has 1 N–H and O–H groups in total. The monoisotopic (exact) mass is 536 g/mol. The number of aromatic nitrogens is 2. The van der Waals surface area contributed by atoms with Gasteiger partial charge in [0.15, 0.2) is 5.96 Å². The summed E-state index contributed by atoms with van der Waals surface area (Å²) in [5, 5.41) is 3.40. The van der Waals surface area contributed by atoms with Gasteiger partial charge in [0, 0.05) is 50.0 Å². The maximum absolute atomic E-state index is 4.79. The lowest BCUT2D eigenvalue weighted by Crippen LogP contribution is -2.52. The predicted molar refractivity (Wildman–Crippen MR) is 118 cm³/mol. The fourth-order valence-corrected chi connectivity index (χ4v) is 4.00.